The fraction of sp³-hybridized carbons (Fsp3) is 0.0370. The maximum absolute atomic E-state index is 2.40. The normalized spacial score (nSPS) is 12.9. The molecule has 10 aromatic rings. The van der Waals surface area contributed by atoms with E-state index < -0.39 is 0 Å². The van der Waals surface area contributed by atoms with E-state index in [2.05, 4.69) is 215 Å². The third-order valence-electron chi connectivity index (χ3n) is 11.5. The lowest BCUT2D eigenvalue weighted by Crippen LogP contribution is -1.93. The molecule has 8 aromatic carbocycles. The highest BCUT2D eigenvalue weighted by atomic mass is 15.0. The standard InChI is InChI=1S/C54H38N2/c1-4-13-37(14-5-1)40-15-12-16-41(33-40)44-29-32-54-50(36-44)49-35-43(28-31-53(49)56(54)46-19-8-3-9-20-46)39-25-23-38(24-26-39)42-27-30-52-48(34-42)47-21-10-11-22-51(47)55(52)45-17-6-2-7-18-45/h2-4,6-36H,1,5H2. The van der Waals surface area contributed by atoms with Gasteiger partial charge in [-0.1, -0.05) is 133 Å². The lowest BCUT2D eigenvalue weighted by atomic mass is 9.95. The van der Waals surface area contributed by atoms with Gasteiger partial charge in [0.15, 0.2) is 0 Å². The molecule has 0 aliphatic heterocycles. The van der Waals surface area contributed by atoms with Crippen molar-refractivity contribution in [2.75, 3.05) is 0 Å². The smallest absolute Gasteiger partial charge is 0.0541 e. The van der Waals surface area contributed by atoms with Crippen molar-refractivity contribution in [1.29, 1.82) is 0 Å². The molecule has 0 unspecified atom stereocenters. The van der Waals surface area contributed by atoms with Gasteiger partial charge in [-0.05, 0) is 130 Å². The second-order valence-electron chi connectivity index (χ2n) is 14.9. The third-order valence-corrected chi connectivity index (χ3v) is 11.5. The Morgan fingerprint density at radius 1 is 0.304 bits per heavy atom. The zero-order valence-electron chi connectivity index (χ0n) is 30.9. The Morgan fingerprint density at radius 2 is 0.750 bits per heavy atom. The van der Waals surface area contributed by atoms with Crippen molar-refractivity contribution < 1.29 is 0 Å². The first-order chi connectivity index (χ1) is 27.8. The number of para-hydroxylation sites is 3. The van der Waals surface area contributed by atoms with E-state index in [4.69, 9.17) is 0 Å². The van der Waals surface area contributed by atoms with Crippen LogP contribution in [0, 0.1) is 0 Å². The Hall–Kier alpha value is -7.16. The van der Waals surface area contributed by atoms with Crippen molar-refractivity contribution in [3.05, 3.63) is 212 Å². The molecule has 0 atom stereocenters. The van der Waals surface area contributed by atoms with Crippen molar-refractivity contribution in [1.82, 2.24) is 9.13 Å². The molecule has 1 aliphatic rings. The Labute approximate surface area is 326 Å². The van der Waals surface area contributed by atoms with Gasteiger partial charge in [0.25, 0.3) is 0 Å². The Bertz CT molecular complexity index is 3160. The van der Waals surface area contributed by atoms with Gasteiger partial charge in [0, 0.05) is 32.9 Å². The maximum atomic E-state index is 2.40. The predicted octanol–water partition coefficient (Wildman–Crippen LogP) is 14.6. The number of benzene rings is 8. The maximum Gasteiger partial charge on any atom is 0.0541 e. The van der Waals surface area contributed by atoms with Gasteiger partial charge >= 0.3 is 0 Å². The van der Waals surface area contributed by atoms with Crippen LogP contribution < -0.4 is 0 Å². The van der Waals surface area contributed by atoms with E-state index in [0.717, 1.165) is 12.8 Å². The minimum Gasteiger partial charge on any atom is -0.309 e. The zero-order chi connectivity index (χ0) is 37.0. The highest BCUT2D eigenvalue weighted by molar-refractivity contribution is 6.12. The summed E-state index contributed by atoms with van der Waals surface area (Å²) in [4.78, 5) is 0. The van der Waals surface area contributed by atoms with Gasteiger partial charge < -0.3 is 9.13 Å². The van der Waals surface area contributed by atoms with Gasteiger partial charge in [-0.25, -0.2) is 0 Å². The average Bonchev–Trinajstić information content (AvgIpc) is 3.79. The van der Waals surface area contributed by atoms with E-state index in [1.807, 2.05) is 0 Å². The lowest BCUT2D eigenvalue weighted by Gasteiger charge is -2.10. The molecule has 0 fully saturated rings. The monoisotopic (exact) mass is 714 g/mol. The number of allylic oxidation sites excluding steroid dienone is 4. The molecule has 0 bridgehead atoms. The summed E-state index contributed by atoms with van der Waals surface area (Å²) in [6.07, 6.45) is 9.12. The fourth-order valence-corrected chi connectivity index (χ4v) is 8.81. The van der Waals surface area contributed by atoms with Gasteiger partial charge in [0.05, 0.1) is 22.1 Å². The highest BCUT2D eigenvalue weighted by Gasteiger charge is 2.16. The van der Waals surface area contributed by atoms with Crippen molar-refractivity contribution in [2.24, 2.45) is 0 Å². The quantitative estimate of drug-likeness (QED) is 0.162. The molecule has 0 saturated heterocycles. The number of hydrogen-bond donors (Lipinski definition) is 0. The average molecular weight is 715 g/mol. The van der Waals surface area contributed by atoms with E-state index in [1.54, 1.807) is 0 Å². The molecule has 0 radical (unpaired) electrons. The van der Waals surface area contributed by atoms with E-state index in [9.17, 15) is 0 Å². The fourth-order valence-electron chi connectivity index (χ4n) is 8.81. The number of hydrogen-bond acceptors (Lipinski definition) is 0. The van der Waals surface area contributed by atoms with Crippen molar-refractivity contribution >= 4 is 49.2 Å². The molecule has 1 aliphatic carbocycles. The minimum absolute atomic E-state index is 1.10. The summed E-state index contributed by atoms with van der Waals surface area (Å²) in [5.74, 6) is 0. The molecular formula is C54H38N2. The van der Waals surface area contributed by atoms with Crippen LogP contribution in [0.4, 0.5) is 0 Å². The van der Waals surface area contributed by atoms with Gasteiger partial charge in [0.2, 0.25) is 0 Å². The Morgan fingerprint density at radius 3 is 1.30 bits per heavy atom. The first-order valence-corrected chi connectivity index (χ1v) is 19.6. The molecule has 56 heavy (non-hydrogen) atoms. The predicted molar refractivity (Wildman–Crippen MR) is 238 cm³/mol. The molecule has 2 nitrogen and oxygen atoms in total. The molecule has 2 aromatic heterocycles. The molecule has 0 saturated carbocycles. The summed E-state index contributed by atoms with van der Waals surface area (Å²) < 4.78 is 4.77. The summed E-state index contributed by atoms with van der Waals surface area (Å²) in [5, 5.41) is 5.04. The van der Waals surface area contributed by atoms with Crippen molar-refractivity contribution in [3.63, 3.8) is 0 Å². The summed E-state index contributed by atoms with van der Waals surface area (Å²) in [5.41, 5.74) is 17.1. The lowest BCUT2D eigenvalue weighted by molar-refractivity contribution is 1.04. The molecule has 2 heteroatoms. The molecule has 0 amide bonds. The van der Waals surface area contributed by atoms with E-state index >= 15 is 0 Å². The molecule has 264 valence electrons. The molecule has 11 rings (SSSR count). The Kier molecular flexibility index (Phi) is 7.67. The van der Waals surface area contributed by atoms with Crippen LogP contribution >= 0.6 is 0 Å². The Balaban J connectivity index is 0.998. The molecule has 0 spiro atoms. The van der Waals surface area contributed by atoms with Gasteiger partial charge in [-0.2, -0.15) is 0 Å². The highest BCUT2D eigenvalue weighted by Crippen LogP contribution is 2.39. The van der Waals surface area contributed by atoms with Crippen molar-refractivity contribution in [2.45, 2.75) is 12.8 Å². The number of aromatic nitrogens is 2. The minimum atomic E-state index is 1.10. The summed E-state index contributed by atoms with van der Waals surface area (Å²) in [6, 6.07) is 69.0. The topological polar surface area (TPSA) is 9.86 Å². The summed E-state index contributed by atoms with van der Waals surface area (Å²) in [7, 11) is 0. The van der Waals surface area contributed by atoms with E-state index in [-0.39, 0.29) is 0 Å². The zero-order valence-corrected chi connectivity index (χ0v) is 30.9. The van der Waals surface area contributed by atoms with Crippen LogP contribution in [0.5, 0.6) is 0 Å². The first kappa shape index (κ1) is 32.3. The number of nitrogens with zero attached hydrogens (tertiary/aromatic N) is 2. The van der Waals surface area contributed by atoms with E-state index in [1.165, 1.54) is 99.5 Å². The van der Waals surface area contributed by atoms with Crippen LogP contribution in [0.1, 0.15) is 18.4 Å². The third kappa shape index (κ3) is 5.41. The summed E-state index contributed by atoms with van der Waals surface area (Å²) >= 11 is 0. The van der Waals surface area contributed by atoms with Crippen LogP contribution in [0.3, 0.4) is 0 Å². The second-order valence-corrected chi connectivity index (χ2v) is 14.9. The SMILES string of the molecule is C1=CC(c2cccc(-c3ccc4c(c3)c3cc(-c5ccc(-c6ccc7c(c6)c6ccccc6n7-c6ccccc6)cc5)ccc3n4-c3ccccc3)c2)=CCC1. The summed E-state index contributed by atoms with van der Waals surface area (Å²) in [6.45, 7) is 0. The van der Waals surface area contributed by atoms with Crippen LogP contribution in [-0.2, 0) is 0 Å². The van der Waals surface area contributed by atoms with Crippen LogP contribution in [0.15, 0.2) is 206 Å². The number of fused-ring (bicyclic) bond motifs is 6. The van der Waals surface area contributed by atoms with E-state index in [0.29, 0.717) is 0 Å². The van der Waals surface area contributed by atoms with Crippen LogP contribution in [-0.4, -0.2) is 9.13 Å². The largest absolute Gasteiger partial charge is 0.309 e. The molecule has 0 N–H and O–H groups in total. The molecular weight excluding hydrogens is 677 g/mol. The first-order valence-electron chi connectivity index (χ1n) is 19.6. The van der Waals surface area contributed by atoms with Crippen molar-refractivity contribution in [3.8, 4) is 44.8 Å². The van der Waals surface area contributed by atoms with Gasteiger partial charge in [-0.3, -0.25) is 0 Å². The van der Waals surface area contributed by atoms with Crippen LogP contribution in [0.2, 0.25) is 0 Å². The van der Waals surface area contributed by atoms with Gasteiger partial charge in [-0.15, -0.1) is 0 Å². The van der Waals surface area contributed by atoms with Crippen LogP contribution in [0.25, 0.3) is 93.9 Å². The second kappa shape index (κ2) is 13.3. The van der Waals surface area contributed by atoms with Gasteiger partial charge in [0.1, 0.15) is 0 Å². The number of rotatable bonds is 6. The molecule has 2 heterocycles.